The van der Waals surface area contributed by atoms with Gasteiger partial charge in [0.1, 0.15) is 5.82 Å². The van der Waals surface area contributed by atoms with Crippen LogP contribution in [0.2, 0.25) is 0 Å². The van der Waals surface area contributed by atoms with E-state index in [1.165, 1.54) is 12.1 Å². The van der Waals surface area contributed by atoms with Crippen molar-refractivity contribution in [1.82, 2.24) is 4.98 Å². The van der Waals surface area contributed by atoms with Gasteiger partial charge < -0.3 is 10.3 Å². The van der Waals surface area contributed by atoms with Crippen molar-refractivity contribution in [2.24, 2.45) is 0 Å². The van der Waals surface area contributed by atoms with E-state index in [0.29, 0.717) is 11.2 Å². The third-order valence-electron chi connectivity index (χ3n) is 3.87. The second-order valence-corrected chi connectivity index (χ2v) is 5.62. The third kappa shape index (κ3) is 3.51. The van der Waals surface area contributed by atoms with Crippen molar-refractivity contribution < 1.29 is 9.18 Å². The van der Waals surface area contributed by atoms with Crippen LogP contribution < -0.4 is 10.9 Å². The standard InChI is InChI=1S/C19H17FN2O2/c1-2-13-10-19(24)22-17-11-15(7-8-16(13)17)21-18(23)9-12-3-5-14(20)6-4-12/h3-8,10-11H,2,9H2,1H3,(H,21,23)(H,22,24). The van der Waals surface area contributed by atoms with Crippen molar-refractivity contribution >= 4 is 22.5 Å². The predicted octanol–water partition coefficient (Wildman–Crippen LogP) is 3.41. The van der Waals surface area contributed by atoms with Crippen LogP contribution in [-0.2, 0) is 17.6 Å². The average molecular weight is 324 g/mol. The number of H-pyrrole nitrogens is 1. The smallest absolute Gasteiger partial charge is 0.248 e. The minimum atomic E-state index is -0.329. The number of nitrogens with one attached hydrogen (secondary N) is 2. The predicted molar refractivity (Wildman–Crippen MR) is 92.7 cm³/mol. The maximum absolute atomic E-state index is 12.9. The van der Waals surface area contributed by atoms with Crippen LogP contribution in [0.4, 0.5) is 10.1 Å². The van der Waals surface area contributed by atoms with Gasteiger partial charge in [-0.2, -0.15) is 0 Å². The van der Waals surface area contributed by atoms with Gasteiger partial charge >= 0.3 is 0 Å². The van der Waals surface area contributed by atoms with Crippen LogP contribution >= 0.6 is 0 Å². The minimum absolute atomic E-state index is 0.157. The van der Waals surface area contributed by atoms with Crippen LogP contribution in [-0.4, -0.2) is 10.9 Å². The first-order valence-corrected chi connectivity index (χ1v) is 7.75. The third-order valence-corrected chi connectivity index (χ3v) is 3.87. The highest BCUT2D eigenvalue weighted by atomic mass is 19.1. The van der Waals surface area contributed by atoms with Gasteiger partial charge in [0.2, 0.25) is 11.5 Å². The van der Waals surface area contributed by atoms with Gasteiger partial charge in [0.15, 0.2) is 0 Å². The zero-order valence-electron chi connectivity index (χ0n) is 13.2. The molecule has 2 N–H and O–H groups in total. The molecular formula is C19H17FN2O2. The lowest BCUT2D eigenvalue weighted by molar-refractivity contribution is -0.115. The zero-order chi connectivity index (χ0) is 17.1. The monoisotopic (exact) mass is 324 g/mol. The summed E-state index contributed by atoms with van der Waals surface area (Å²) in [5.74, 6) is -0.528. The molecule has 3 rings (SSSR count). The fourth-order valence-corrected chi connectivity index (χ4v) is 2.70. The molecule has 0 saturated heterocycles. The van der Waals surface area contributed by atoms with Gasteiger partial charge in [-0.15, -0.1) is 0 Å². The van der Waals surface area contributed by atoms with Crippen molar-refractivity contribution in [1.29, 1.82) is 0 Å². The van der Waals surface area contributed by atoms with E-state index in [-0.39, 0.29) is 23.7 Å². The molecule has 0 fully saturated rings. The number of benzene rings is 2. The fourth-order valence-electron chi connectivity index (χ4n) is 2.70. The molecule has 0 unspecified atom stereocenters. The van der Waals surface area contributed by atoms with Crippen LogP contribution in [0.15, 0.2) is 53.3 Å². The van der Waals surface area contributed by atoms with Crippen LogP contribution in [0, 0.1) is 5.82 Å². The topological polar surface area (TPSA) is 62.0 Å². The van der Waals surface area contributed by atoms with E-state index in [2.05, 4.69) is 10.3 Å². The first kappa shape index (κ1) is 15.9. The van der Waals surface area contributed by atoms with E-state index >= 15 is 0 Å². The molecule has 0 atom stereocenters. The summed E-state index contributed by atoms with van der Waals surface area (Å²) in [6.45, 7) is 1.99. The zero-order valence-corrected chi connectivity index (χ0v) is 13.2. The lowest BCUT2D eigenvalue weighted by Crippen LogP contribution is -2.14. The molecule has 0 aliphatic rings. The normalized spacial score (nSPS) is 10.8. The quantitative estimate of drug-likeness (QED) is 0.772. The fraction of sp³-hybridized carbons (Fsp3) is 0.158. The number of aromatic amines is 1. The number of hydrogen-bond acceptors (Lipinski definition) is 2. The molecule has 0 radical (unpaired) electrons. The Labute approximate surface area is 138 Å². The Morgan fingerprint density at radius 3 is 2.58 bits per heavy atom. The SMILES string of the molecule is CCc1cc(=O)[nH]c2cc(NC(=O)Cc3ccc(F)cc3)ccc12. The molecule has 2 aromatic carbocycles. The number of halogens is 1. The van der Waals surface area contributed by atoms with Gasteiger partial charge in [-0.1, -0.05) is 25.1 Å². The molecule has 0 aliphatic carbocycles. The van der Waals surface area contributed by atoms with Gasteiger partial charge in [-0.3, -0.25) is 9.59 Å². The maximum Gasteiger partial charge on any atom is 0.248 e. The summed E-state index contributed by atoms with van der Waals surface area (Å²) in [5, 5.41) is 3.77. The van der Waals surface area contributed by atoms with Gasteiger partial charge in [-0.25, -0.2) is 4.39 Å². The Morgan fingerprint density at radius 1 is 1.12 bits per heavy atom. The lowest BCUT2D eigenvalue weighted by Gasteiger charge is -2.08. The molecule has 5 heteroatoms. The summed E-state index contributed by atoms with van der Waals surface area (Å²) in [6.07, 6.45) is 0.917. The molecule has 3 aromatic rings. The summed E-state index contributed by atoms with van der Waals surface area (Å²) in [7, 11) is 0. The number of carbonyl (C=O) groups is 1. The number of rotatable bonds is 4. The lowest BCUT2D eigenvalue weighted by atomic mass is 10.1. The van der Waals surface area contributed by atoms with E-state index in [4.69, 9.17) is 0 Å². The van der Waals surface area contributed by atoms with Crippen LogP contribution in [0.3, 0.4) is 0 Å². The second kappa shape index (κ2) is 6.66. The summed E-state index contributed by atoms with van der Waals surface area (Å²) in [6, 6.07) is 12.9. The summed E-state index contributed by atoms with van der Waals surface area (Å²) in [5.41, 5.74) is 2.85. The minimum Gasteiger partial charge on any atom is -0.326 e. The number of carbonyl (C=O) groups excluding carboxylic acids is 1. The number of hydrogen-bond donors (Lipinski definition) is 2. The number of aromatic nitrogens is 1. The molecule has 0 saturated carbocycles. The largest absolute Gasteiger partial charge is 0.326 e. The highest BCUT2D eigenvalue weighted by molar-refractivity contribution is 5.95. The highest BCUT2D eigenvalue weighted by Gasteiger charge is 2.07. The molecule has 0 bridgehead atoms. The summed E-state index contributed by atoms with van der Waals surface area (Å²) < 4.78 is 12.9. The first-order valence-electron chi connectivity index (χ1n) is 7.75. The van der Waals surface area contributed by atoms with Crippen molar-refractivity contribution in [3.8, 4) is 0 Å². The number of fused-ring (bicyclic) bond motifs is 1. The van der Waals surface area contributed by atoms with E-state index in [9.17, 15) is 14.0 Å². The Bertz CT molecular complexity index is 946. The molecular weight excluding hydrogens is 307 g/mol. The van der Waals surface area contributed by atoms with Crippen LogP contribution in [0.1, 0.15) is 18.1 Å². The number of aryl methyl sites for hydroxylation is 1. The average Bonchev–Trinajstić information content (AvgIpc) is 2.55. The van der Waals surface area contributed by atoms with Gasteiger partial charge in [0, 0.05) is 17.1 Å². The van der Waals surface area contributed by atoms with Crippen LogP contribution in [0.25, 0.3) is 10.9 Å². The molecule has 1 amide bonds. The molecule has 1 heterocycles. The first-order chi connectivity index (χ1) is 11.5. The maximum atomic E-state index is 12.9. The molecule has 0 aliphatic heterocycles. The van der Waals surface area contributed by atoms with E-state index in [0.717, 1.165) is 22.9 Å². The Kier molecular flexibility index (Phi) is 4.42. The van der Waals surface area contributed by atoms with Gasteiger partial charge in [0.25, 0.3) is 0 Å². The van der Waals surface area contributed by atoms with Crippen molar-refractivity contribution in [2.45, 2.75) is 19.8 Å². The molecule has 0 spiro atoms. The van der Waals surface area contributed by atoms with Crippen molar-refractivity contribution in [3.05, 3.63) is 75.8 Å². The highest BCUT2D eigenvalue weighted by Crippen LogP contribution is 2.20. The summed E-state index contributed by atoms with van der Waals surface area (Å²) in [4.78, 5) is 26.6. The van der Waals surface area contributed by atoms with E-state index in [1.807, 2.05) is 19.1 Å². The van der Waals surface area contributed by atoms with Gasteiger partial charge in [0.05, 0.1) is 11.9 Å². The number of anilines is 1. The Balaban J connectivity index is 1.81. The van der Waals surface area contributed by atoms with E-state index in [1.54, 1.807) is 24.3 Å². The van der Waals surface area contributed by atoms with Crippen molar-refractivity contribution in [2.75, 3.05) is 5.32 Å². The van der Waals surface area contributed by atoms with Gasteiger partial charge in [-0.05, 0) is 41.8 Å². The van der Waals surface area contributed by atoms with Crippen LogP contribution in [0.5, 0.6) is 0 Å². The molecule has 122 valence electrons. The van der Waals surface area contributed by atoms with Crippen molar-refractivity contribution in [3.63, 3.8) is 0 Å². The Hall–Kier alpha value is -2.95. The molecule has 24 heavy (non-hydrogen) atoms. The molecule has 4 nitrogen and oxygen atoms in total. The van der Waals surface area contributed by atoms with E-state index < -0.39 is 0 Å². The second-order valence-electron chi connectivity index (χ2n) is 5.62. The number of amides is 1. The summed E-state index contributed by atoms with van der Waals surface area (Å²) >= 11 is 0. The number of pyridine rings is 1. The molecule has 1 aromatic heterocycles. The Morgan fingerprint density at radius 2 is 1.88 bits per heavy atom.